The van der Waals surface area contributed by atoms with Gasteiger partial charge in [-0.05, 0) is 46.4 Å². The number of aryl methyl sites for hydroxylation is 1. The highest BCUT2D eigenvalue weighted by molar-refractivity contribution is 6.20. The van der Waals surface area contributed by atoms with Crippen LogP contribution in [-0.2, 0) is 35.6 Å². The molecule has 2 heterocycles. The summed E-state index contributed by atoms with van der Waals surface area (Å²) in [7, 11) is 0. The van der Waals surface area contributed by atoms with Gasteiger partial charge in [-0.15, -0.1) is 0 Å². The fraction of sp³-hybridized carbons (Fsp3) is 0.345. The first-order chi connectivity index (χ1) is 17.7. The minimum absolute atomic E-state index is 0.00141. The second kappa shape index (κ2) is 9.67. The van der Waals surface area contributed by atoms with Gasteiger partial charge in [-0.3, -0.25) is 4.79 Å². The Balaban J connectivity index is 1.51. The first-order valence-electron chi connectivity index (χ1n) is 12.6. The van der Waals surface area contributed by atoms with E-state index in [0.717, 1.165) is 50.5 Å². The highest BCUT2D eigenvalue weighted by Gasteiger charge is 2.35. The van der Waals surface area contributed by atoms with Crippen LogP contribution in [-0.4, -0.2) is 53.7 Å². The van der Waals surface area contributed by atoms with E-state index in [9.17, 15) is 9.90 Å². The molecule has 0 radical (unpaired) electrons. The SMILES string of the molecule is O=C1NCc2c1c1c(c3c2c2cc(COCCOCCO)ccc2n3CCCO)Cc2ccccc2-1. The van der Waals surface area contributed by atoms with Crippen LogP contribution in [0.2, 0.25) is 0 Å². The number of fused-ring (bicyclic) bond motifs is 10. The van der Waals surface area contributed by atoms with Crippen LogP contribution in [0.4, 0.5) is 0 Å². The Hall–Kier alpha value is -3.23. The van der Waals surface area contributed by atoms with E-state index in [-0.39, 0.29) is 19.1 Å². The second-order valence-electron chi connectivity index (χ2n) is 9.42. The van der Waals surface area contributed by atoms with Crippen molar-refractivity contribution in [2.45, 2.75) is 32.5 Å². The molecule has 1 aliphatic heterocycles. The van der Waals surface area contributed by atoms with Crippen molar-refractivity contribution < 1.29 is 24.5 Å². The summed E-state index contributed by atoms with van der Waals surface area (Å²) in [6, 6.07) is 14.8. The highest BCUT2D eigenvalue weighted by atomic mass is 16.5. The van der Waals surface area contributed by atoms with Gasteiger partial charge in [0, 0.05) is 48.0 Å². The summed E-state index contributed by atoms with van der Waals surface area (Å²) in [5, 5.41) is 23.8. The van der Waals surface area contributed by atoms with Gasteiger partial charge in [0.15, 0.2) is 0 Å². The van der Waals surface area contributed by atoms with E-state index in [1.165, 1.54) is 16.6 Å². The number of hydrogen-bond acceptors (Lipinski definition) is 5. The number of ether oxygens (including phenoxy) is 2. The van der Waals surface area contributed by atoms with Crippen LogP contribution < -0.4 is 5.32 Å². The molecule has 7 heteroatoms. The summed E-state index contributed by atoms with van der Waals surface area (Å²) >= 11 is 0. The standard InChI is InChI=1S/C29H30N2O5/c32-9-3-8-31-24-7-6-18(17-36-13-12-35-11-10-33)14-21(24)26-23-16-30-29(34)27(23)25-20-5-2-1-4-19(20)15-22(25)28(26)31/h1-2,4-7,14,32-33H,3,8-13,15-17H2,(H,30,34). The van der Waals surface area contributed by atoms with Gasteiger partial charge in [0.05, 0.1) is 44.1 Å². The average molecular weight is 487 g/mol. The maximum atomic E-state index is 13.1. The van der Waals surface area contributed by atoms with Crippen LogP contribution in [0.15, 0.2) is 42.5 Å². The molecular formula is C29H30N2O5. The molecule has 7 nitrogen and oxygen atoms in total. The number of benzene rings is 3. The van der Waals surface area contributed by atoms with Gasteiger partial charge in [-0.2, -0.15) is 0 Å². The first-order valence-corrected chi connectivity index (χ1v) is 12.6. The monoisotopic (exact) mass is 486 g/mol. The van der Waals surface area contributed by atoms with E-state index < -0.39 is 0 Å². The van der Waals surface area contributed by atoms with Gasteiger partial charge in [-0.1, -0.05) is 30.3 Å². The number of hydrogen-bond donors (Lipinski definition) is 3. The van der Waals surface area contributed by atoms with Crippen molar-refractivity contribution >= 4 is 27.7 Å². The quantitative estimate of drug-likeness (QED) is 0.263. The molecule has 1 aliphatic carbocycles. The molecular weight excluding hydrogens is 456 g/mol. The van der Waals surface area contributed by atoms with E-state index in [4.69, 9.17) is 14.6 Å². The van der Waals surface area contributed by atoms with Crippen LogP contribution in [0.25, 0.3) is 32.9 Å². The lowest BCUT2D eigenvalue weighted by Gasteiger charge is -2.13. The smallest absolute Gasteiger partial charge is 0.252 e. The molecule has 0 saturated heterocycles. The largest absolute Gasteiger partial charge is 0.396 e. The fourth-order valence-electron chi connectivity index (χ4n) is 5.85. The van der Waals surface area contributed by atoms with Crippen LogP contribution in [0, 0.1) is 0 Å². The van der Waals surface area contributed by atoms with Gasteiger partial charge in [-0.25, -0.2) is 0 Å². The molecule has 0 saturated carbocycles. The summed E-state index contributed by atoms with van der Waals surface area (Å²) in [4.78, 5) is 13.1. The number of aromatic nitrogens is 1. The number of aliphatic hydroxyl groups is 2. The third-order valence-corrected chi connectivity index (χ3v) is 7.29. The van der Waals surface area contributed by atoms with Crippen LogP contribution >= 0.6 is 0 Å². The number of rotatable bonds is 10. The number of nitrogens with one attached hydrogen (secondary N) is 1. The molecule has 186 valence electrons. The van der Waals surface area contributed by atoms with E-state index in [1.54, 1.807) is 0 Å². The van der Waals surface area contributed by atoms with E-state index in [2.05, 4.69) is 46.3 Å². The zero-order valence-electron chi connectivity index (χ0n) is 20.2. The Labute approximate surface area is 209 Å². The van der Waals surface area contributed by atoms with Crippen molar-refractivity contribution in [1.29, 1.82) is 0 Å². The van der Waals surface area contributed by atoms with Crippen LogP contribution in [0.5, 0.6) is 0 Å². The molecule has 1 amide bonds. The van der Waals surface area contributed by atoms with Crippen molar-refractivity contribution in [2.75, 3.05) is 33.0 Å². The molecule has 3 aromatic carbocycles. The number of carbonyl (C=O) groups is 1. The lowest BCUT2D eigenvalue weighted by Crippen LogP contribution is -2.13. The third-order valence-electron chi connectivity index (χ3n) is 7.29. The lowest BCUT2D eigenvalue weighted by atomic mass is 9.92. The second-order valence-corrected chi connectivity index (χ2v) is 9.42. The topological polar surface area (TPSA) is 93.0 Å². The Morgan fingerprint density at radius 1 is 0.944 bits per heavy atom. The lowest BCUT2D eigenvalue weighted by molar-refractivity contribution is 0.0274. The first kappa shape index (κ1) is 23.2. The maximum Gasteiger partial charge on any atom is 0.252 e. The van der Waals surface area contributed by atoms with Gasteiger partial charge in [0.25, 0.3) is 5.91 Å². The molecule has 3 N–H and O–H groups in total. The number of carbonyl (C=O) groups excluding carboxylic acids is 1. The van der Waals surface area contributed by atoms with Crippen LogP contribution in [0.1, 0.15) is 39.0 Å². The summed E-state index contributed by atoms with van der Waals surface area (Å²) in [5.41, 5.74) is 9.89. The van der Waals surface area contributed by atoms with Gasteiger partial charge in [0.2, 0.25) is 0 Å². The average Bonchev–Trinajstić information content (AvgIpc) is 3.56. The third kappa shape index (κ3) is 3.71. The van der Waals surface area contributed by atoms with Gasteiger partial charge < -0.3 is 29.6 Å². The molecule has 1 aromatic heterocycles. The predicted molar refractivity (Wildman–Crippen MR) is 138 cm³/mol. The molecule has 0 spiro atoms. The van der Waals surface area contributed by atoms with Crippen molar-refractivity contribution in [3.05, 3.63) is 70.3 Å². The Morgan fingerprint density at radius 2 is 1.81 bits per heavy atom. The summed E-state index contributed by atoms with van der Waals surface area (Å²) < 4.78 is 13.4. The predicted octanol–water partition coefficient (Wildman–Crippen LogP) is 3.52. The van der Waals surface area contributed by atoms with Gasteiger partial charge in [0.1, 0.15) is 0 Å². The zero-order chi connectivity index (χ0) is 24.6. The summed E-state index contributed by atoms with van der Waals surface area (Å²) in [6.07, 6.45) is 1.45. The number of amides is 1. The fourth-order valence-corrected chi connectivity index (χ4v) is 5.85. The molecule has 0 fully saturated rings. The van der Waals surface area contributed by atoms with E-state index in [1.807, 2.05) is 6.07 Å². The maximum absolute atomic E-state index is 13.1. The highest BCUT2D eigenvalue weighted by Crippen LogP contribution is 2.48. The molecule has 2 aliphatic rings. The van der Waals surface area contributed by atoms with E-state index in [0.29, 0.717) is 45.9 Å². The number of aliphatic hydroxyl groups excluding tert-OH is 2. The van der Waals surface area contributed by atoms with E-state index >= 15 is 0 Å². The van der Waals surface area contributed by atoms with Gasteiger partial charge >= 0.3 is 0 Å². The van der Waals surface area contributed by atoms with Crippen molar-refractivity contribution in [3.8, 4) is 11.1 Å². The van der Waals surface area contributed by atoms with Crippen LogP contribution in [0.3, 0.4) is 0 Å². The summed E-state index contributed by atoms with van der Waals surface area (Å²) in [6.45, 7) is 3.02. The zero-order valence-corrected chi connectivity index (χ0v) is 20.2. The minimum atomic E-state index is -0.00141. The molecule has 4 aromatic rings. The molecule has 0 bridgehead atoms. The molecule has 36 heavy (non-hydrogen) atoms. The van der Waals surface area contributed by atoms with Crippen molar-refractivity contribution in [1.82, 2.24) is 9.88 Å². The molecule has 6 rings (SSSR count). The Kier molecular flexibility index (Phi) is 6.23. The Morgan fingerprint density at radius 3 is 2.67 bits per heavy atom. The normalized spacial score (nSPS) is 13.9. The summed E-state index contributed by atoms with van der Waals surface area (Å²) in [5.74, 6) is -0.00141. The molecule has 0 unspecified atom stereocenters. The number of nitrogens with zero attached hydrogens (tertiary/aromatic N) is 1. The van der Waals surface area contributed by atoms with Crippen molar-refractivity contribution in [3.63, 3.8) is 0 Å². The Bertz CT molecular complexity index is 1470. The van der Waals surface area contributed by atoms with Crippen molar-refractivity contribution in [2.24, 2.45) is 0 Å². The minimum Gasteiger partial charge on any atom is -0.396 e. The molecule has 0 atom stereocenters.